The molecular weight excluding hydrogens is 560 g/mol. The van der Waals surface area contributed by atoms with Gasteiger partial charge in [0.15, 0.2) is 0 Å². The highest BCUT2D eigenvalue weighted by Crippen LogP contribution is 2.75. The zero-order valence-corrected chi connectivity index (χ0v) is 30.1. The lowest BCUT2D eigenvalue weighted by molar-refractivity contribution is -0.243. The number of hydrogen-bond acceptors (Lipinski definition) is 5. The number of fused-ring (bicyclic) bond motifs is 7. The number of esters is 1. The summed E-state index contributed by atoms with van der Waals surface area (Å²) < 4.78 is 6.20. The van der Waals surface area contributed by atoms with Gasteiger partial charge in [0.05, 0.1) is 30.8 Å². The van der Waals surface area contributed by atoms with Gasteiger partial charge >= 0.3 is 5.97 Å². The van der Waals surface area contributed by atoms with Crippen molar-refractivity contribution in [2.45, 2.75) is 170 Å². The number of unbranched alkanes of at least 4 members (excludes halogenated alkanes) is 7. The second kappa shape index (κ2) is 12.8. The Morgan fingerprint density at radius 1 is 0.844 bits per heavy atom. The molecule has 45 heavy (non-hydrogen) atoms. The number of carbonyl (C=O) groups is 1. The Morgan fingerprint density at radius 2 is 1.49 bits per heavy atom. The van der Waals surface area contributed by atoms with Crippen LogP contribution in [0.3, 0.4) is 0 Å². The summed E-state index contributed by atoms with van der Waals surface area (Å²) in [6.07, 6.45) is 19.2. The molecule has 5 aliphatic rings. The minimum absolute atomic E-state index is 0.0233. The van der Waals surface area contributed by atoms with E-state index in [0.29, 0.717) is 18.9 Å². The van der Waals surface area contributed by atoms with Gasteiger partial charge in [-0.25, -0.2) is 0 Å². The van der Waals surface area contributed by atoms with E-state index in [1.165, 1.54) is 44.1 Å². The first-order valence-electron chi connectivity index (χ1n) is 19.0. The second-order valence-electron chi connectivity index (χ2n) is 18.4. The molecule has 0 bridgehead atoms. The summed E-state index contributed by atoms with van der Waals surface area (Å²) in [5.74, 6) is 0.798. The summed E-state index contributed by atoms with van der Waals surface area (Å²) in [5.41, 5.74) is 0.421. The smallest absolute Gasteiger partial charge is 0.312 e. The van der Waals surface area contributed by atoms with Crippen molar-refractivity contribution in [3.05, 3.63) is 11.6 Å². The summed E-state index contributed by atoms with van der Waals surface area (Å²) in [6, 6.07) is 0. The molecule has 5 rings (SSSR count). The van der Waals surface area contributed by atoms with E-state index in [0.717, 1.165) is 64.2 Å². The number of aliphatic hydroxyl groups excluding tert-OH is 3. The highest BCUT2D eigenvalue weighted by Gasteiger charge is 2.70. The van der Waals surface area contributed by atoms with Crippen molar-refractivity contribution in [2.24, 2.45) is 50.2 Å². The SMILES string of the molecule is CCCCCCCCCCOC(=O)[C@]12CCC(C)(C)C[C@H]1C1=CC[C@@H]3[C@@]4(C)C[C@@H](O)[C@H](O)[C@@](C)(CO)[C@@H]4CC[C@@]3(C)[C@]1(C)CC2. The van der Waals surface area contributed by atoms with Crippen LogP contribution < -0.4 is 0 Å². The van der Waals surface area contributed by atoms with Crippen LogP contribution in [0.4, 0.5) is 0 Å². The number of hydrogen-bond donors (Lipinski definition) is 3. The van der Waals surface area contributed by atoms with Crippen LogP contribution in [0.5, 0.6) is 0 Å². The Kier molecular flexibility index (Phi) is 10.1. The van der Waals surface area contributed by atoms with Crippen molar-refractivity contribution in [2.75, 3.05) is 13.2 Å². The molecule has 0 radical (unpaired) electrons. The van der Waals surface area contributed by atoms with Gasteiger partial charge in [0, 0.05) is 5.41 Å². The van der Waals surface area contributed by atoms with E-state index in [2.05, 4.69) is 47.6 Å². The number of ether oxygens (including phenoxy) is 1. The summed E-state index contributed by atoms with van der Waals surface area (Å²) in [7, 11) is 0. The van der Waals surface area contributed by atoms with Crippen LogP contribution >= 0.6 is 0 Å². The first kappa shape index (κ1) is 35.4. The first-order chi connectivity index (χ1) is 21.2. The molecule has 0 saturated heterocycles. The first-order valence-corrected chi connectivity index (χ1v) is 19.0. The zero-order chi connectivity index (χ0) is 32.9. The van der Waals surface area contributed by atoms with Crippen molar-refractivity contribution in [3.63, 3.8) is 0 Å². The molecule has 0 aromatic carbocycles. The Hall–Kier alpha value is -0.910. The third-order valence-corrected chi connectivity index (χ3v) is 15.4. The van der Waals surface area contributed by atoms with Crippen LogP contribution in [0.1, 0.15) is 158 Å². The third kappa shape index (κ3) is 5.69. The molecule has 0 spiro atoms. The maximum Gasteiger partial charge on any atom is 0.312 e. The van der Waals surface area contributed by atoms with Gasteiger partial charge in [-0.05, 0) is 104 Å². The molecular formula is C40H68O5. The molecule has 4 saturated carbocycles. The monoisotopic (exact) mass is 629 g/mol. The molecule has 0 heterocycles. The third-order valence-electron chi connectivity index (χ3n) is 15.4. The van der Waals surface area contributed by atoms with Gasteiger partial charge < -0.3 is 20.1 Å². The average molecular weight is 629 g/mol. The highest BCUT2D eigenvalue weighted by atomic mass is 16.5. The van der Waals surface area contributed by atoms with E-state index in [4.69, 9.17) is 4.74 Å². The van der Waals surface area contributed by atoms with E-state index in [-0.39, 0.29) is 46.1 Å². The zero-order valence-electron chi connectivity index (χ0n) is 30.1. The van der Waals surface area contributed by atoms with E-state index in [1.807, 2.05) is 6.92 Å². The van der Waals surface area contributed by atoms with Gasteiger partial charge in [0.25, 0.3) is 0 Å². The van der Waals surface area contributed by atoms with Crippen molar-refractivity contribution >= 4 is 5.97 Å². The molecule has 258 valence electrons. The number of allylic oxidation sites excluding steroid dienone is 2. The summed E-state index contributed by atoms with van der Waals surface area (Å²) in [5, 5.41) is 32.8. The van der Waals surface area contributed by atoms with Crippen LogP contribution in [0.2, 0.25) is 0 Å². The Morgan fingerprint density at radius 3 is 2.16 bits per heavy atom. The lowest BCUT2D eigenvalue weighted by atomic mass is 9.33. The summed E-state index contributed by atoms with van der Waals surface area (Å²) >= 11 is 0. The van der Waals surface area contributed by atoms with Gasteiger partial charge in [-0.3, -0.25) is 4.79 Å². The fraction of sp³-hybridized carbons (Fsp3) is 0.925. The quantitative estimate of drug-likeness (QED) is 0.121. The molecule has 4 fully saturated rings. The molecule has 5 nitrogen and oxygen atoms in total. The topological polar surface area (TPSA) is 87.0 Å². The Balaban J connectivity index is 1.37. The lowest BCUT2D eigenvalue weighted by Gasteiger charge is -2.71. The second-order valence-corrected chi connectivity index (χ2v) is 18.4. The minimum Gasteiger partial charge on any atom is -0.465 e. The van der Waals surface area contributed by atoms with E-state index in [1.54, 1.807) is 0 Å². The van der Waals surface area contributed by atoms with E-state index >= 15 is 0 Å². The lowest BCUT2D eigenvalue weighted by Crippen LogP contribution is -2.68. The standard InChI is InChI=1S/C40H68O5/c1-8-9-10-11-12-13-14-15-24-45-34(44)40-22-20-35(2,3)25-29(40)28-16-17-32-36(4)26-30(42)33(43)37(5,27-41)31(36)18-19-39(32,7)38(28,6)21-23-40/h16,29-33,41-43H,8-15,17-27H2,1-7H3/t29-,30+,31+,32+,33-,36-,37-,38+,39+,40-/m0/s1. The molecule has 5 aliphatic carbocycles. The van der Waals surface area contributed by atoms with Crippen LogP contribution in [0.25, 0.3) is 0 Å². The maximum atomic E-state index is 14.2. The minimum atomic E-state index is -0.896. The van der Waals surface area contributed by atoms with Gasteiger partial charge in [0.1, 0.15) is 0 Å². The van der Waals surface area contributed by atoms with E-state index in [9.17, 15) is 20.1 Å². The molecule has 0 amide bonds. The predicted octanol–water partition coefficient (Wildman–Crippen LogP) is 8.78. The maximum absolute atomic E-state index is 14.2. The molecule has 0 aromatic rings. The van der Waals surface area contributed by atoms with Gasteiger partial charge in [-0.2, -0.15) is 0 Å². The predicted molar refractivity (Wildman–Crippen MR) is 181 cm³/mol. The fourth-order valence-electron chi connectivity index (χ4n) is 12.3. The number of carbonyl (C=O) groups excluding carboxylic acids is 1. The van der Waals surface area contributed by atoms with Crippen LogP contribution in [-0.2, 0) is 9.53 Å². The van der Waals surface area contributed by atoms with E-state index < -0.39 is 23.0 Å². The van der Waals surface area contributed by atoms with Crippen molar-refractivity contribution in [1.29, 1.82) is 0 Å². The van der Waals surface area contributed by atoms with Gasteiger partial charge in [-0.1, -0.05) is 105 Å². The molecule has 5 heteroatoms. The molecule has 10 atom stereocenters. The summed E-state index contributed by atoms with van der Waals surface area (Å²) in [4.78, 5) is 14.2. The Bertz CT molecular complexity index is 1100. The summed E-state index contributed by atoms with van der Waals surface area (Å²) in [6.45, 7) is 16.9. The molecule has 0 unspecified atom stereocenters. The van der Waals surface area contributed by atoms with Gasteiger partial charge in [-0.15, -0.1) is 0 Å². The van der Waals surface area contributed by atoms with Crippen LogP contribution in [-0.4, -0.2) is 46.7 Å². The Labute approximate surface area is 275 Å². The van der Waals surface area contributed by atoms with Crippen LogP contribution in [0, 0.1) is 50.2 Å². The van der Waals surface area contributed by atoms with Crippen LogP contribution in [0.15, 0.2) is 11.6 Å². The normalized spacial score (nSPS) is 45.4. The molecule has 0 aliphatic heterocycles. The number of aliphatic hydroxyl groups is 3. The van der Waals surface area contributed by atoms with Crippen molar-refractivity contribution in [1.82, 2.24) is 0 Å². The highest BCUT2D eigenvalue weighted by molar-refractivity contribution is 5.78. The fourth-order valence-corrected chi connectivity index (χ4v) is 12.3. The van der Waals surface area contributed by atoms with Crippen molar-refractivity contribution < 1.29 is 24.9 Å². The molecule has 0 aromatic heterocycles. The average Bonchev–Trinajstić information content (AvgIpc) is 2.99. The largest absolute Gasteiger partial charge is 0.465 e. The number of rotatable bonds is 11. The van der Waals surface area contributed by atoms with Crippen molar-refractivity contribution in [3.8, 4) is 0 Å². The van der Waals surface area contributed by atoms with Gasteiger partial charge in [0.2, 0.25) is 0 Å². The molecule has 3 N–H and O–H groups in total.